The lowest BCUT2D eigenvalue weighted by atomic mass is 9.81. The Morgan fingerprint density at radius 2 is 1.95 bits per heavy atom. The highest BCUT2D eigenvalue weighted by Gasteiger charge is 2.26. The second-order valence-corrected chi connectivity index (χ2v) is 5.36. The van der Waals surface area contributed by atoms with Crippen molar-refractivity contribution >= 4 is 0 Å². The monoisotopic (exact) mass is 264 g/mol. The van der Waals surface area contributed by atoms with Crippen LogP contribution in [0.4, 0.5) is 0 Å². The van der Waals surface area contributed by atoms with E-state index < -0.39 is 0 Å². The van der Waals surface area contributed by atoms with E-state index in [1.165, 1.54) is 0 Å². The quantitative estimate of drug-likeness (QED) is 0.815. The van der Waals surface area contributed by atoms with Crippen LogP contribution in [0, 0.1) is 5.92 Å². The second kappa shape index (κ2) is 6.78. The molecule has 0 aromatic heterocycles. The van der Waals surface area contributed by atoms with Gasteiger partial charge < -0.3 is 20.1 Å². The molecule has 0 atom stereocenters. The molecule has 106 valence electrons. The maximum absolute atomic E-state index is 5.80. The Kier molecular flexibility index (Phi) is 5.05. The Balaban J connectivity index is 1.68. The summed E-state index contributed by atoms with van der Waals surface area (Å²) in [7, 11) is 3.80. The van der Waals surface area contributed by atoms with E-state index in [1.54, 1.807) is 7.11 Å². The van der Waals surface area contributed by atoms with Crippen molar-refractivity contribution in [3.63, 3.8) is 0 Å². The summed E-state index contributed by atoms with van der Waals surface area (Å²) in [5.41, 5.74) is 5.80. The zero-order valence-electron chi connectivity index (χ0n) is 11.8. The Labute approximate surface area is 115 Å². The van der Waals surface area contributed by atoms with Gasteiger partial charge in [0.05, 0.1) is 7.11 Å². The van der Waals surface area contributed by atoms with E-state index in [9.17, 15) is 0 Å². The van der Waals surface area contributed by atoms with Crippen molar-refractivity contribution in [2.24, 2.45) is 11.7 Å². The first-order valence-electron chi connectivity index (χ1n) is 6.89. The first kappa shape index (κ1) is 14.2. The summed E-state index contributed by atoms with van der Waals surface area (Å²) in [5, 5.41) is 0. The molecule has 0 radical (unpaired) electrons. The van der Waals surface area contributed by atoms with Gasteiger partial charge in [0, 0.05) is 19.1 Å². The number of methoxy groups -OCH3 is 1. The minimum absolute atomic E-state index is 0.434. The van der Waals surface area contributed by atoms with Crippen molar-refractivity contribution in [2.75, 3.05) is 33.9 Å². The molecule has 4 nitrogen and oxygen atoms in total. The Hall–Kier alpha value is -1.26. The summed E-state index contributed by atoms with van der Waals surface area (Å²) >= 11 is 0. The zero-order valence-corrected chi connectivity index (χ0v) is 11.8. The predicted molar refractivity (Wildman–Crippen MR) is 76.7 cm³/mol. The van der Waals surface area contributed by atoms with Crippen LogP contribution >= 0.6 is 0 Å². The van der Waals surface area contributed by atoms with Crippen molar-refractivity contribution in [2.45, 2.75) is 18.9 Å². The summed E-state index contributed by atoms with van der Waals surface area (Å²) in [6.07, 6.45) is 2.33. The maximum Gasteiger partial charge on any atom is 0.161 e. The molecule has 1 saturated carbocycles. The largest absolute Gasteiger partial charge is 0.493 e. The van der Waals surface area contributed by atoms with E-state index >= 15 is 0 Å². The minimum atomic E-state index is 0.434. The van der Waals surface area contributed by atoms with Gasteiger partial charge in [-0.15, -0.1) is 0 Å². The van der Waals surface area contributed by atoms with Gasteiger partial charge in [-0.05, 0) is 37.9 Å². The normalized spacial score (nSPS) is 22.1. The highest BCUT2D eigenvalue weighted by atomic mass is 16.5. The van der Waals surface area contributed by atoms with Crippen molar-refractivity contribution in [3.8, 4) is 11.5 Å². The highest BCUT2D eigenvalue weighted by Crippen LogP contribution is 2.27. The Bertz CT molecular complexity index is 391. The number of nitrogens with zero attached hydrogens (tertiary/aromatic N) is 1. The standard InChI is InChI=1S/C15H24N2O2/c1-17(11-12-9-13(16)10-12)7-8-19-15-6-4-3-5-14(15)18-2/h3-6,12-13H,7-11,16H2,1-2H3. The molecule has 0 aliphatic heterocycles. The lowest BCUT2D eigenvalue weighted by Gasteiger charge is -2.35. The molecule has 19 heavy (non-hydrogen) atoms. The maximum atomic E-state index is 5.80. The number of likely N-dealkylation sites (N-methyl/N-ethyl adjacent to an activating group) is 1. The van der Waals surface area contributed by atoms with E-state index in [-0.39, 0.29) is 0 Å². The Morgan fingerprint density at radius 1 is 1.26 bits per heavy atom. The fraction of sp³-hybridized carbons (Fsp3) is 0.600. The molecule has 0 bridgehead atoms. The molecule has 2 rings (SSSR count). The number of hydrogen-bond acceptors (Lipinski definition) is 4. The van der Waals surface area contributed by atoms with Gasteiger partial charge in [-0.25, -0.2) is 0 Å². The number of para-hydroxylation sites is 2. The molecule has 1 fully saturated rings. The molecular weight excluding hydrogens is 240 g/mol. The smallest absolute Gasteiger partial charge is 0.161 e. The summed E-state index contributed by atoms with van der Waals surface area (Å²) in [4.78, 5) is 2.31. The molecule has 0 heterocycles. The SMILES string of the molecule is COc1ccccc1OCCN(C)CC1CC(N)C1. The second-order valence-electron chi connectivity index (χ2n) is 5.36. The van der Waals surface area contributed by atoms with Crippen molar-refractivity contribution < 1.29 is 9.47 Å². The molecule has 1 aromatic rings. The van der Waals surface area contributed by atoms with Crippen LogP contribution in [0.25, 0.3) is 0 Å². The first-order chi connectivity index (χ1) is 9.19. The van der Waals surface area contributed by atoms with E-state index in [1.807, 2.05) is 24.3 Å². The average molecular weight is 264 g/mol. The molecule has 2 N–H and O–H groups in total. The fourth-order valence-corrected chi connectivity index (χ4v) is 2.52. The van der Waals surface area contributed by atoms with Crippen LogP contribution in [0.5, 0.6) is 11.5 Å². The molecule has 0 saturated heterocycles. The molecule has 0 unspecified atom stereocenters. The van der Waals surface area contributed by atoms with Crippen LogP contribution in [0.2, 0.25) is 0 Å². The molecule has 1 aliphatic rings. The summed E-state index contributed by atoms with van der Waals surface area (Å²) < 4.78 is 11.0. The third-order valence-corrected chi connectivity index (χ3v) is 3.64. The lowest BCUT2D eigenvalue weighted by Crippen LogP contribution is -2.42. The lowest BCUT2D eigenvalue weighted by molar-refractivity contribution is 0.161. The number of nitrogens with two attached hydrogens (primary N) is 1. The third-order valence-electron chi connectivity index (χ3n) is 3.64. The van der Waals surface area contributed by atoms with Gasteiger partial charge in [-0.3, -0.25) is 0 Å². The van der Waals surface area contributed by atoms with Gasteiger partial charge in [-0.1, -0.05) is 12.1 Å². The molecular formula is C15H24N2O2. The van der Waals surface area contributed by atoms with Crippen LogP contribution in [0.3, 0.4) is 0 Å². The number of rotatable bonds is 7. The predicted octanol–water partition coefficient (Wildman–Crippen LogP) is 1.74. The van der Waals surface area contributed by atoms with Crippen LogP contribution in [-0.2, 0) is 0 Å². The molecule has 1 aromatic carbocycles. The van der Waals surface area contributed by atoms with Crippen molar-refractivity contribution in [1.82, 2.24) is 4.90 Å². The summed E-state index contributed by atoms with van der Waals surface area (Å²) in [6.45, 7) is 2.71. The summed E-state index contributed by atoms with van der Waals surface area (Å²) in [5.74, 6) is 2.37. The van der Waals surface area contributed by atoms with Crippen molar-refractivity contribution in [1.29, 1.82) is 0 Å². The van der Waals surface area contributed by atoms with Crippen molar-refractivity contribution in [3.05, 3.63) is 24.3 Å². The molecule has 4 heteroatoms. The van der Waals surface area contributed by atoms with Gasteiger partial charge in [0.2, 0.25) is 0 Å². The summed E-state index contributed by atoms with van der Waals surface area (Å²) in [6, 6.07) is 8.18. The fourth-order valence-electron chi connectivity index (χ4n) is 2.52. The molecule has 0 spiro atoms. The van der Waals surface area contributed by atoms with Gasteiger partial charge in [0.1, 0.15) is 6.61 Å². The van der Waals surface area contributed by atoms with E-state index in [2.05, 4.69) is 11.9 Å². The van der Waals surface area contributed by atoms with E-state index in [0.29, 0.717) is 12.6 Å². The average Bonchev–Trinajstić information content (AvgIpc) is 2.37. The van der Waals surface area contributed by atoms with Gasteiger partial charge in [0.15, 0.2) is 11.5 Å². The molecule has 0 amide bonds. The molecule has 1 aliphatic carbocycles. The number of hydrogen-bond donors (Lipinski definition) is 1. The highest BCUT2D eigenvalue weighted by molar-refractivity contribution is 5.39. The van der Waals surface area contributed by atoms with E-state index in [0.717, 1.165) is 43.3 Å². The van der Waals surface area contributed by atoms with Crippen LogP contribution in [-0.4, -0.2) is 44.8 Å². The van der Waals surface area contributed by atoms with E-state index in [4.69, 9.17) is 15.2 Å². The van der Waals surface area contributed by atoms with Crippen LogP contribution < -0.4 is 15.2 Å². The number of ether oxygens (including phenoxy) is 2. The zero-order chi connectivity index (χ0) is 13.7. The Morgan fingerprint density at radius 3 is 2.58 bits per heavy atom. The number of benzene rings is 1. The van der Waals surface area contributed by atoms with Crippen LogP contribution in [0.1, 0.15) is 12.8 Å². The van der Waals surface area contributed by atoms with Crippen LogP contribution in [0.15, 0.2) is 24.3 Å². The van der Waals surface area contributed by atoms with Gasteiger partial charge in [0.25, 0.3) is 0 Å². The topological polar surface area (TPSA) is 47.7 Å². The van der Waals surface area contributed by atoms with Gasteiger partial charge in [-0.2, -0.15) is 0 Å². The first-order valence-corrected chi connectivity index (χ1v) is 6.89. The van der Waals surface area contributed by atoms with Gasteiger partial charge >= 0.3 is 0 Å². The minimum Gasteiger partial charge on any atom is -0.493 e. The third kappa shape index (κ3) is 4.11.